The van der Waals surface area contributed by atoms with Crippen LogP contribution in [-0.2, 0) is 16.1 Å². The number of aromatic nitrogens is 3. The summed E-state index contributed by atoms with van der Waals surface area (Å²) in [5.74, 6) is -1.55. The van der Waals surface area contributed by atoms with E-state index in [1.165, 1.54) is 0 Å². The Balaban J connectivity index is 1.42. The fourth-order valence-corrected chi connectivity index (χ4v) is 4.39. The van der Waals surface area contributed by atoms with Crippen LogP contribution in [0.3, 0.4) is 0 Å². The van der Waals surface area contributed by atoms with Gasteiger partial charge >= 0.3 is 5.97 Å². The zero-order valence-corrected chi connectivity index (χ0v) is 15.3. The van der Waals surface area contributed by atoms with Gasteiger partial charge in [-0.1, -0.05) is 23.4 Å². The number of carbonyl (C=O) groups is 2. The van der Waals surface area contributed by atoms with Crippen molar-refractivity contribution < 1.29 is 14.7 Å². The molecule has 1 spiro atoms. The average Bonchev–Trinajstić information content (AvgIpc) is 3.23. The second kappa shape index (κ2) is 6.77. The van der Waals surface area contributed by atoms with Gasteiger partial charge in [-0.25, -0.2) is 4.68 Å². The number of carboxylic acid groups (broad SMARTS) is 1. The van der Waals surface area contributed by atoms with Crippen molar-refractivity contribution in [2.75, 3.05) is 20.1 Å². The summed E-state index contributed by atoms with van der Waals surface area (Å²) in [6, 6.07) is 9.82. The molecule has 1 aromatic heterocycles. The number of hydrogen-bond donors (Lipinski definition) is 1. The van der Waals surface area contributed by atoms with E-state index in [1.807, 2.05) is 36.5 Å². The van der Waals surface area contributed by atoms with E-state index in [9.17, 15) is 14.7 Å². The lowest BCUT2D eigenvalue weighted by atomic mass is 9.77. The number of aliphatic carboxylic acids is 1. The SMILES string of the molecule is CN1C(=O)C[C@H](C(=O)O)C12CCN(Cc1cn(-c3ccccc3)nn1)CC2. The van der Waals surface area contributed by atoms with Crippen LogP contribution in [0.2, 0.25) is 0 Å². The first kappa shape index (κ1) is 17.7. The van der Waals surface area contributed by atoms with Gasteiger partial charge in [-0.15, -0.1) is 5.10 Å². The van der Waals surface area contributed by atoms with Crippen LogP contribution in [0.5, 0.6) is 0 Å². The maximum atomic E-state index is 12.1. The monoisotopic (exact) mass is 369 g/mol. The molecule has 3 heterocycles. The van der Waals surface area contributed by atoms with Gasteiger partial charge in [0.25, 0.3) is 0 Å². The van der Waals surface area contributed by atoms with Gasteiger partial charge in [0.15, 0.2) is 0 Å². The number of hydrogen-bond acceptors (Lipinski definition) is 5. The molecule has 8 nitrogen and oxygen atoms in total. The van der Waals surface area contributed by atoms with E-state index in [4.69, 9.17) is 0 Å². The minimum Gasteiger partial charge on any atom is -0.481 e. The summed E-state index contributed by atoms with van der Waals surface area (Å²) in [6.45, 7) is 2.14. The number of carbonyl (C=O) groups excluding carboxylic acids is 1. The third kappa shape index (κ3) is 3.10. The molecule has 2 aliphatic rings. The smallest absolute Gasteiger partial charge is 0.309 e. The summed E-state index contributed by atoms with van der Waals surface area (Å²) >= 11 is 0. The molecular weight excluding hydrogens is 346 g/mol. The molecule has 142 valence electrons. The van der Waals surface area contributed by atoms with Gasteiger partial charge < -0.3 is 10.0 Å². The maximum absolute atomic E-state index is 12.1. The minimum absolute atomic E-state index is 0.0679. The van der Waals surface area contributed by atoms with E-state index in [0.29, 0.717) is 19.4 Å². The maximum Gasteiger partial charge on any atom is 0.309 e. The summed E-state index contributed by atoms with van der Waals surface area (Å²) < 4.78 is 1.75. The number of para-hydroxylation sites is 1. The van der Waals surface area contributed by atoms with Crippen molar-refractivity contribution in [3.8, 4) is 5.69 Å². The Hall–Kier alpha value is -2.74. The zero-order valence-electron chi connectivity index (χ0n) is 15.3. The Morgan fingerprint density at radius 3 is 2.63 bits per heavy atom. The molecule has 0 saturated carbocycles. The first-order valence-electron chi connectivity index (χ1n) is 9.18. The number of piperidine rings is 1. The van der Waals surface area contributed by atoms with Crippen LogP contribution < -0.4 is 0 Å². The Bertz CT molecular complexity index is 842. The van der Waals surface area contributed by atoms with E-state index in [-0.39, 0.29) is 12.3 Å². The molecule has 2 saturated heterocycles. The highest BCUT2D eigenvalue weighted by Crippen LogP contribution is 2.42. The molecule has 2 aliphatic heterocycles. The summed E-state index contributed by atoms with van der Waals surface area (Å²) in [7, 11) is 1.74. The van der Waals surface area contributed by atoms with Gasteiger partial charge in [0, 0.05) is 33.1 Å². The number of carboxylic acids is 1. The second-order valence-corrected chi connectivity index (χ2v) is 7.42. The first-order valence-corrected chi connectivity index (χ1v) is 9.18. The zero-order chi connectivity index (χ0) is 19.0. The lowest BCUT2D eigenvalue weighted by Crippen LogP contribution is -2.55. The number of amides is 1. The van der Waals surface area contributed by atoms with Crippen LogP contribution in [0.4, 0.5) is 0 Å². The van der Waals surface area contributed by atoms with Crippen LogP contribution in [0.15, 0.2) is 36.5 Å². The second-order valence-electron chi connectivity index (χ2n) is 7.42. The lowest BCUT2D eigenvalue weighted by molar-refractivity contribution is -0.146. The highest BCUT2D eigenvalue weighted by molar-refractivity contribution is 5.88. The Morgan fingerprint density at radius 1 is 1.26 bits per heavy atom. The topological polar surface area (TPSA) is 91.6 Å². The highest BCUT2D eigenvalue weighted by Gasteiger charge is 2.55. The molecule has 27 heavy (non-hydrogen) atoms. The predicted molar refractivity (Wildman–Crippen MR) is 97.1 cm³/mol. The molecule has 2 fully saturated rings. The molecule has 1 atom stereocenters. The van der Waals surface area contributed by atoms with Crippen molar-refractivity contribution in [1.29, 1.82) is 0 Å². The van der Waals surface area contributed by atoms with Crippen LogP contribution in [0.25, 0.3) is 5.69 Å². The molecule has 8 heteroatoms. The number of likely N-dealkylation sites (tertiary alicyclic amines) is 2. The lowest BCUT2D eigenvalue weighted by Gasteiger charge is -2.45. The quantitative estimate of drug-likeness (QED) is 0.870. The van der Waals surface area contributed by atoms with Gasteiger partial charge in [-0.3, -0.25) is 14.5 Å². The van der Waals surface area contributed by atoms with E-state index in [0.717, 1.165) is 24.5 Å². The molecule has 1 N–H and O–H groups in total. The molecule has 2 aromatic rings. The molecule has 0 radical (unpaired) electrons. The first-order chi connectivity index (χ1) is 13.0. The fourth-order valence-electron chi connectivity index (χ4n) is 4.39. The van der Waals surface area contributed by atoms with Crippen molar-refractivity contribution >= 4 is 11.9 Å². The standard InChI is InChI=1S/C19H23N5O3/c1-22-17(25)11-16(18(26)27)19(22)7-9-23(10-8-19)12-14-13-24(21-20-14)15-5-3-2-4-6-15/h2-6,13,16H,7-12H2,1H3,(H,26,27)/t16-/m1/s1. The normalized spacial score (nSPS) is 22.5. The van der Waals surface area contributed by atoms with E-state index < -0.39 is 17.4 Å². The number of benzene rings is 1. The van der Waals surface area contributed by atoms with Gasteiger partial charge in [0.1, 0.15) is 0 Å². The van der Waals surface area contributed by atoms with Crippen LogP contribution in [0, 0.1) is 5.92 Å². The van der Waals surface area contributed by atoms with E-state index in [2.05, 4.69) is 15.2 Å². The van der Waals surface area contributed by atoms with Gasteiger partial charge in [0.05, 0.1) is 29.0 Å². The fraction of sp³-hybridized carbons (Fsp3) is 0.474. The summed E-state index contributed by atoms with van der Waals surface area (Å²) in [4.78, 5) is 27.7. The van der Waals surface area contributed by atoms with Gasteiger partial charge in [-0.05, 0) is 25.0 Å². The predicted octanol–water partition coefficient (Wildman–Crippen LogP) is 1.16. The molecule has 4 rings (SSSR count). The van der Waals surface area contributed by atoms with Crippen LogP contribution in [-0.4, -0.2) is 67.5 Å². The van der Waals surface area contributed by atoms with Crippen molar-refractivity contribution in [2.45, 2.75) is 31.3 Å². The molecule has 0 bridgehead atoms. The van der Waals surface area contributed by atoms with Crippen molar-refractivity contribution in [2.24, 2.45) is 5.92 Å². The van der Waals surface area contributed by atoms with Crippen molar-refractivity contribution in [3.05, 3.63) is 42.2 Å². The Kier molecular flexibility index (Phi) is 4.43. The molecule has 1 amide bonds. The van der Waals surface area contributed by atoms with Gasteiger partial charge in [0.2, 0.25) is 5.91 Å². The molecule has 0 aliphatic carbocycles. The third-order valence-electron chi connectivity index (χ3n) is 6.04. The molecular formula is C19H23N5O3. The van der Waals surface area contributed by atoms with E-state index >= 15 is 0 Å². The molecule has 0 unspecified atom stereocenters. The average molecular weight is 369 g/mol. The minimum atomic E-state index is -0.869. The summed E-state index contributed by atoms with van der Waals surface area (Å²) in [5.41, 5.74) is 1.28. The third-order valence-corrected chi connectivity index (χ3v) is 6.04. The summed E-state index contributed by atoms with van der Waals surface area (Å²) in [6.07, 6.45) is 3.36. The largest absolute Gasteiger partial charge is 0.481 e. The van der Waals surface area contributed by atoms with E-state index in [1.54, 1.807) is 16.6 Å². The molecule has 1 aromatic carbocycles. The Labute approximate surface area is 157 Å². The van der Waals surface area contributed by atoms with Crippen LogP contribution >= 0.6 is 0 Å². The van der Waals surface area contributed by atoms with Crippen LogP contribution in [0.1, 0.15) is 25.0 Å². The number of rotatable bonds is 4. The van der Waals surface area contributed by atoms with Crippen molar-refractivity contribution in [3.63, 3.8) is 0 Å². The number of nitrogens with zero attached hydrogens (tertiary/aromatic N) is 5. The highest BCUT2D eigenvalue weighted by atomic mass is 16.4. The van der Waals surface area contributed by atoms with Gasteiger partial charge in [-0.2, -0.15) is 0 Å². The summed E-state index contributed by atoms with van der Waals surface area (Å²) in [5, 5.41) is 18.0. The Morgan fingerprint density at radius 2 is 1.96 bits per heavy atom. The van der Waals surface area contributed by atoms with Crippen molar-refractivity contribution in [1.82, 2.24) is 24.8 Å².